The van der Waals surface area contributed by atoms with Crippen molar-refractivity contribution in [2.24, 2.45) is 0 Å². The second-order valence-electron chi connectivity index (χ2n) is 4.04. The van der Waals surface area contributed by atoms with Gasteiger partial charge in [0.05, 0.1) is 4.47 Å². The molecule has 0 fully saturated rings. The largest absolute Gasteiger partial charge is 0.487 e. The molecule has 0 unspecified atom stereocenters. The van der Waals surface area contributed by atoms with Crippen LogP contribution in [0, 0.1) is 6.92 Å². The van der Waals surface area contributed by atoms with Gasteiger partial charge in [-0.05, 0) is 46.1 Å². The van der Waals surface area contributed by atoms with Crippen LogP contribution >= 0.6 is 15.9 Å². The van der Waals surface area contributed by atoms with Crippen molar-refractivity contribution in [2.75, 3.05) is 0 Å². The summed E-state index contributed by atoms with van der Waals surface area (Å²) in [5.74, 6) is 0.782. The molecule has 0 amide bonds. The Morgan fingerprint density at radius 3 is 2.56 bits per heavy atom. The summed E-state index contributed by atoms with van der Waals surface area (Å²) in [6.07, 6.45) is 0.832. The Balaban J connectivity index is 2.17. The van der Waals surface area contributed by atoms with Crippen LogP contribution in [-0.4, -0.2) is 6.29 Å². The van der Waals surface area contributed by atoms with Gasteiger partial charge in [-0.1, -0.05) is 30.3 Å². The van der Waals surface area contributed by atoms with Gasteiger partial charge in [-0.3, -0.25) is 4.79 Å². The molecule has 0 heterocycles. The van der Waals surface area contributed by atoms with Gasteiger partial charge in [-0.15, -0.1) is 0 Å². The predicted molar refractivity (Wildman–Crippen MR) is 75.0 cm³/mol. The van der Waals surface area contributed by atoms with E-state index < -0.39 is 0 Å². The van der Waals surface area contributed by atoms with Crippen LogP contribution in [0.5, 0.6) is 5.75 Å². The minimum Gasteiger partial charge on any atom is -0.487 e. The van der Waals surface area contributed by atoms with Crippen LogP contribution in [0.4, 0.5) is 0 Å². The van der Waals surface area contributed by atoms with E-state index in [2.05, 4.69) is 15.9 Å². The first kappa shape index (κ1) is 12.8. The molecule has 0 saturated heterocycles. The molecule has 0 saturated carbocycles. The summed E-state index contributed by atoms with van der Waals surface area (Å²) in [6.45, 7) is 2.44. The Morgan fingerprint density at radius 2 is 1.94 bits per heavy atom. The number of ether oxygens (including phenoxy) is 1. The lowest BCUT2D eigenvalue weighted by molar-refractivity contribution is 0.112. The van der Waals surface area contributed by atoms with Gasteiger partial charge in [0.15, 0.2) is 0 Å². The van der Waals surface area contributed by atoms with Gasteiger partial charge in [0, 0.05) is 5.56 Å². The third-order valence-corrected chi connectivity index (χ3v) is 3.20. The van der Waals surface area contributed by atoms with Crippen molar-refractivity contribution in [3.63, 3.8) is 0 Å². The first-order valence-corrected chi connectivity index (χ1v) is 6.42. The Kier molecular flexibility index (Phi) is 4.15. The first-order valence-electron chi connectivity index (χ1n) is 5.63. The van der Waals surface area contributed by atoms with Crippen LogP contribution in [0.25, 0.3) is 0 Å². The molecule has 0 radical (unpaired) electrons. The summed E-state index contributed by atoms with van der Waals surface area (Å²) < 4.78 is 6.60. The lowest BCUT2D eigenvalue weighted by Gasteiger charge is -2.11. The van der Waals surface area contributed by atoms with Gasteiger partial charge in [0.1, 0.15) is 18.6 Å². The molecular weight excluding hydrogens is 292 g/mol. The number of benzene rings is 2. The van der Waals surface area contributed by atoms with E-state index in [1.807, 2.05) is 43.3 Å². The second-order valence-corrected chi connectivity index (χ2v) is 4.90. The topological polar surface area (TPSA) is 26.3 Å². The molecule has 0 aromatic heterocycles. The van der Waals surface area contributed by atoms with Crippen LogP contribution in [0.2, 0.25) is 0 Å². The third kappa shape index (κ3) is 2.99. The molecule has 0 aliphatic carbocycles. The van der Waals surface area contributed by atoms with E-state index in [9.17, 15) is 4.79 Å². The maximum atomic E-state index is 10.7. The fraction of sp³-hybridized carbons (Fsp3) is 0.133. The van der Waals surface area contributed by atoms with Crippen molar-refractivity contribution in [1.82, 2.24) is 0 Å². The molecule has 0 N–H and O–H groups in total. The second kappa shape index (κ2) is 5.83. The number of halogens is 1. The molecule has 2 rings (SSSR count). The maximum absolute atomic E-state index is 10.7. The molecule has 92 valence electrons. The number of aryl methyl sites for hydroxylation is 1. The molecule has 0 spiro atoms. The molecule has 0 atom stereocenters. The molecule has 0 aliphatic rings. The van der Waals surface area contributed by atoms with E-state index in [1.165, 1.54) is 0 Å². The first-order chi connectivity index (χ1) is 8.70. The minimum absolute atomic E-state index is 0.515. The summed E-state index contributed by atoms with van der Waals surface area (Å²) in [5, 5.41) is 0. The van der Waals surface area contributed by atoms with Crippen LogP contribution in [0.15, 0.2) is 46.9 Å². The molecule has 2 nitrogen and oxygen atoms in total. The van der Waals surface area contributed by atoms with Crippen molar-refractivity contribution in [3.05, 3.63) is 63.6 Å². The Bertz CT molecular complexity index is 527. The Morgan fingerprint density at radius 1 is 1.22 bits per heavy atom. The van der Waals surface area contributed by atoms with E-state index in [-0.39, 0.29) is 0 Å². The van der Waals surface area contributed by atoms with Gasteiger partial charge in [0.25, 0.3) is 0 Å². The number of aldehydes is 1. The molecular formula is C15H13BrO2. The van der Waals surface area contributed by atoms with Gasteiger partial charge < -0.3 is 4.74 Å². The number of hydrogen-bond acceptors (Lipinski definition) is 2. The highest BCUT2D eigenvalue weighted by molar-refractivity contribution is 9.10. The summed E-state index contributed by atoms with van der Waals surface area (Å²) in [6, 6.07) is 13.6. The van der Waals surface area contributed by atoms with Gasteiger partial charge in [-0.25, -0.2) is 0 Å². The Hall–Kier alpha value is -1.61. The predicted octanol–water partition coefficient (Wildman–Crippen LogP) is 4.15. The molecule has 3 heteroatoms. The van der Waals surface area contributed by atoms with Crippen molar-refractivity contribution >= 4 is 22.2 Å². The van der Waals surface area contributed by atoms with Crippen molar-refractivity contribution in [3.8, 4) is 5.75 Å². The molecule has 0 bridgehead atoms. The van der Waals surface area contributed by atoms with Crippen LogP contribution < -0.4 is 4.74 Å². The fourth-order valence-electron chi connectivity index (χ4n) is 1.74. The fourth-order valence-corrected chi connectivity index (χ4v) is 2.43. The number of hydrogen-bond donors (Lipinski definition) is 0. The number of rotatable bonds is 4. The van der Waals surface area contributed by atoms with Gasteiger partial charge in [-0.2, -0.15) is 0 Å². The zero-order chi connectivity index (χ0) is 13.0. The molecule has 0 aliphatic heterocycles. The number of carbonyl (C=O) groups is 1. The highest BCUT2D eigenvalue weighted by atomic mass is 79.9. The minimum atomic E-state index is 0.515. The van der Waals surface area contributed by atoms with Crippen LogP contribution in [0.3, 0.4) is 0 Å². The van der Waals surface area contributed by atoms with E-state index in [1.54, 1.807) is 6.07 Å². The van der Waals surface area contributed by atoms with E-state index in [0.717, 1.165) is 27.6 Å². The molecule has 2 aromatic carbocycles. The SMILES string of the molecule is Cc1cc(C=O)cc(Br)c1OCc1ccccc1. The number of carbonyl (C=O) groups excluding carboxylic acids is 1. The normalized spacial score (nSPS) is 10.1. The Labute approximate surface area is 115 Å². The summed E-state index contributed by atoms with van der Waals surface area (Å²) in [4.78, 5) is 10.7. The lowest BCUT2D eigenvalue weighted by atomic mass is 10.1. The average molecular weight is 305 g/mol. The highest BCUT2D eigenvalue weighted by Gasteiger charge is 2.07. The zero-order valence-electron chi connectivity index (χ0n) is 10.0. The van der Waals surface area contributed by atoms with Gasteiger partial charge >= 0.3 is 0 Å². The van der Waals surface area contributed by atoms with Crippen LogP contribution in [-0.2, 0) is 6.61 Å². The van der Waals surface area contributed by atoms with E-state index in [4.69, 9.17) is 4.74 Å². The van der Waals surface area contributed by atoms with Crippen LogP contribution in [0.1, 0.15) is 21.5 Å². The maximum Gasteiger partial charge on any atom is 0.150 e. The van der Waals surface area contributed by atoms with Crippen molar-refractivity contribution in [1.29, 1.82) is 0 Å². The monoisotopic (exact) mass is 304 g/mol. The highest BCUT2D eigenvalue weighted by Crippen LogP contribution is 2.30. The molecule has 18 heavy (non-hydrogen) atoms. The van der Waals surface area contributed by atoms with Gasteiger partial charge in [0.2, 0.25) is 0 Å². The smallest absolute Gasteiger partial charge is 0.150 e. The summed E-state index contributed by atoms with van der Waals surface area (Å²) >= 11 is 3.43. The van der Waals surface area contributed by atoms with Crippen molar-refractivity contribution in [2.45, 2.75) is 13.5 Å². The van der Waals surface area contributed by atoms with Crippen molar-refractivity contribution < 1.29 is 9.53 Å². The zero-order valence-corrected chi connectivity index (χ0v) is 11.6. The summed E-state index contributed by atoms with van der Waals surface area (Å²) in [7, 11) is 0. The average Bonchev–Trinajstić information content (AvgIpc) is 2.38. The van der Waals surface area contributed by atoms with E-state index in [0.29, 0.717) is 12.2 Å². The summed E-state index contributed by atoms with van der Waals surface area (Å²) in [5.41, 5.74) is 2.71. The van der Waals surface area contributed by atoms with E-state index >= 15 is 0 Å². The lowest BCUT2D eigenvalue weighted by Crippen LogP contribution is -1.98. The standard InChI is InChI=1S/C15H13BrO2/c1-11-7-13(9-17)8-14(16)15(11)18-10-12-5-3-2-4-6-12/h2-9H,10H2,1H3. The third-order valence-electron chi connectivity index (χ3n) is 2.61. The quantitative estimate of drug-likeness (QED) is 0.793. The molecule has 2 aromatic rings.